The van der Waals surface area contributed by atoms with Crippen LogP contribution in [0.15, 0.2) is 48.5 Å². The molecule has 0 unspecified atom stereocenters. The Morgan fingerprint density at radius 3 is 2.30 bits per heavy atom. The molecule has 0 radical (unpaired) electrons. The molecule has 2 aromatic carbocycles. The molecule has 2 aromatic rings. The number of ketones is 1. The van der Waals surface area contributed by atoms with Crippen molar-refractivity contribution >= 4 is 27.2 Å². The highest BCUT2D eigenvalue weighted by molar-refractivity contribution is 7.92. The topological polar surface area (TPSA) is 89.3 Å². The van der Waals surface area contributed by atoms with Crippen molar-refractivity contribution < 1.29 is 13.2 Å². The van der Waals surface area contributed by atoms with Crippen LogP contribution in [-0.2, 0) is 10.0 Å². The molecule has 0 bridgehead atoms. The van der Waals surface area contributed by atoms with E-state index in [1.165, 1.54) is 12.1 Å². The summed E-state index contributed by atoms with van der Waals surface area (Å²) in [6.45, 7) is 0. The molecule has 3 N–H and O–H groups in total. The molecule has 0 heterocycles. The highest BCUT2D eigenvalue weighted by atomic mass is 32.2. The zero-order chi connectivity index (χ0) is 14.8. The standard InChI is InChI=1S/C14H14N2O3S/c1-20(18,19)16-13-9-11(7-8-12(13)15)14(17)10-5-3-2-4-6-10/h2-9,16H,15H2,1H3. The van der Waals surface area contributed by atoms with E-state index in [0.717, 1.165) is 6.26 Å². The summed E-state index contributed by atoms with van der Waals surface area (Å²) in [5.74, 6) is -0.192. The maximum Gasteiger partial charge on any atom is 0.229 e. The molecule has 2 rings (SSSR count). The number of nitrogens with two attached hydrogens (primary N) is 1. The van der Waals surface area contributed by atoms with Gasteiger partial charge in [0.25, 0.3) is 0 Å². The van der Waals surface area contributed by atoms with E-state index in [1.807, 2.05) is 6.07 Å². The monoisotopic (exact) mass is 290 g/mol. The van der Waals surface area contributed by atoms with Crippen LogP contribution in [0.3, 0.4) is 0 Å². The molecular weight excluding hydrogens is 276 g/mol. The third-order valence-electron chi connectivity index (χ3n) is 2.65. The Bertz CT molecular complexity index is 740. The van der Waals surface area contributed by atoms with Crippen LogP contribution in [0, 0.1) is 0 Å². The van der Waals surface area contributed by atoms with Gasteiger partial charge in [-0.3, -0.25) is 9.52 Å². The minimum atomic E-state index is -3.45. The first-order chi connectivity index (χ1) is 9.37. The molecule has 0 aliphatic heterocycles. The van der Waals surface area contributed by atoms with Crippen LogP contribution < -0.4 is 10.5 Å². The summed E-state index contributed by atoms with van der Waals surface area (Å²) >= 11 is 0. The van der Waals surface area contributed by atoms with Gasteiger partial charge in [0.2, 0.25) is 10.0 Å². The largest absolute Gasteiger partial charge is 0.397 e. The fourth-order valence-electron chi connectivity index (χ4n) is 1.74. The number of nitrogens with one attached hydrogen (secondary N) is 1. The molecule has 0 saturated carbocycles. The summed E-state index contributed by atoms with van der Waals surface area (Å²) in [5.41, 5.74) is 7.07. The van der Waals surface area contributed by atoms with Crippen molar-refractivity contribution in [3.05, 3.63) is 59.7 Å². The van der Waals surface area contributed by atoms with Crippen LogP contribution in [0.25, 0.3) is 0 Å². The van der Waals surface area contributed by atoms with Crippen molar-refractivity contribution in [3.63, 3.8) is 0 Å². The number of carbonyl (C=O) groups excluding carboxylic acids is 1. The lowest BCUT2D eigenvalue weighted by Crippen LogP contribution is -2.12. The van der Waals surface area contributed by atoms with Gasteiger partial charge in [0.1, 0.15) is 0 Å². The smallest absolute Gasteiger partial charge is 0.229 e. The van der Waals surface area contributed by atoms with Gasteiger partial charge in [0.15, 0.2) is 5.78 Å². The molecule has 0 saturated heterocycles. The second-order valence-corrected chi connectivity index (χ2v) is 6.12. The van der Waals surface area contributed by atoms with Crippen LogP contribution in [-0.4, -0.2) is 20.5 Å². The molecule has 20 heavy (non-hydrogen) atoms. The van der Waals surface area contributed by atoms with E-state index in [1.54, 1.807) is 30.3 Å². The Morgan fingerprint density at radius 1 is 1.05 bits per heavy atom. The van der Waals surface area contributed by atoms with Crippen LogP contribution in [0.5, 0.6) is 0 Å². The fourth-order valence-corrected chi connectivity index (χ4v) is 2.32. The molecule has 0 aromatic heterocycles. The molecule has 0 spiro atoms. The number of nitrogen functional groups attached to an aromatic ring is 1. The number of benzene rings is 2. The molecule has 5 nitrogen and oxygen atoms in total. The average molecular weight is 290 g/mol. The van der Waals surface area contributed by atoms with Crippen LogP contribution in [0.2, 0.25) is 0 Å². The number of anilines is 2. The van der Waals surface area contributed by atoms with Gasteiger partial charge in [0.05, 0.1) is 17.6 Å². The van der Waals surface area contributed by atoms with Gasteiger partial charge in [-0.15, -0.1) is 0 Å². The number of hydrogen-bond donors (Lipinski definition) is 2. The maximum absolute atomic E-state index is 12.3. The molecule has 104 valence electrons. The predicted octanol–water partition coefficient (Wildman–Crippen LogP) is 1.87. The number of carbonyl (C=O) groups is 1. The lowest BCUT2D eigenvalue weighted by atomic mass is 10.0. The maximum atomic E-state index is 12.3. The van der Waals surface area contributed by atoms with Crippen molar-refractivity contribution in [2.24, 2.45) is 0 Å². The summed E-state index contributed by atoms with van der Waals surface area (Å²) in [5, 5.41) is 0. The minimum absolute atomic E-state index is 0.192. The predicted molar refractivity (Wildman–Crippen MR) is 79.2 cm³/mol. The Balaban J connectivity index is 2.39. The highest BCUT2D eigenvalue weighted by Gasteiger charge is 2.12. The number of sulfonamides is 1. The molecule has 6 heteroatoms. The van der Waals surface area contributed by atoms with Crippen molar-refractivity contribution in [1.82, 2.24) is 0 Å². The Labute approximate surface area is 117 Å². The van der Waals surface area contributed by atoms with Crippen molar-refractivity contribution in [1.29, 1.82) is 0 Å². The summed E-state index contributed by atoms with van der Waals surface area (Å²) in [6.07, 6.45) is 1.03. The van der Waals surface area contributed by atoms with Gasteiger partial charge in [0, 0.05) is 11.1 Å². The number of rotatable bonds is 4. The minimum Gasteiger partial charge on any atom is -0.397 e. The van der Waals surface area contributed by atoms with Crippen LogP contribution in [0.4, 0.5) is 11.4 Å². The van der Waals surface area contributed by atoms with E-state index in [-0.39, 0.29) is 17.2 Å². The summed E-state index contributed by atoms with van der Waals surface area (Å²) in [6, 6.07) is 13.2. The fraction of sp³-hybridized carbons (Fsp3) is 0.0714. The summed E-state index contributed by atoms with van der Waals surface area (Å²) < 4.78 is 24.8. The second-order valence-electron chi connectivity index (χ2n) is 4.37. The van der Waals surface area contributed by atoms with Gasteiger partial charge >= 0.3 is 0 Å². The molecule has 0 fully saturated rings. The Morgan fingerprint density at radius 2 is 1.70 bits per heavy atom. The van der Waals surface area contributed by atoms with Gasteiger partial charge < -0.3 is 5.73 Å². The van der Waals surface area contributed by atoms with Crippen molar-refractivity contribution in [2.45, 2.75) is 0 Å². The van der Waals surface area contributed by atoms with Crippen LogP contribution >= 0.6 is 0 Å². The van der Waals surface area contributed by atoms with Gasteiger partial charge in [-0.05, 0) is 18.2 Å². The average Bonchev–Trinajstić information content (AvgIpc) is 2.40. The van der Waals surface area contributed by atoms with E-state index >= 15 is 0 Å². The molecule has 0 amide bonds. The molecule has 0 atom stereocenters. The van der Waals surface area contributed by atoms with E-state index in [0.29, 0.717) is 11.1 Å². The number of hydrogen-bond acceptors (Lipinski definition) is 4. The third kappa shape index (κ3) is 3.36. The van der Waals surface area contributed by atoms with E-state index in [9.17, 15) is 13.2 Å². The first-order valence-electron chi connectivity index (χ1n) is 5.84. The van der Waals surface area contributed by atoms with Gasteiger partial charge in [-0.25, -0.2) is 8.42 Å². The zero-order valence-corrected chi connectivity index (χ0v) is 11.6. The first kappa shape index (κ1) is 14.1. The first-order valence-corrected chi connectivity index (χ1v) is 7.73. The normalized spacial score (nSPS) is 11.1. The van der Waals surface area contributed by atoms with E-state index in [2.05, 4.69) is 4.72 Å². The Kier molecular flexibility index (Phi) is 3.76. The molecular formula is C14H14N2O3S. The molecule has 0 aliphatic carbocycles. The second kappa shape index (κ2) is 5.34. The lowest BCUT2D eigenvalue weighted by molar-refractivity contribution is 0.103. The molecule has 0 aliphatic rings. The van der Waals surface area contributed by atoms with Crippen LogP contribution in [0.1, 0.15) is 15.9 Å². The van der Waals surface area contributed by atoms with E-state index in [4.69, 9.17) is 5.73 Å². The summed E-state index contributed by atoms with van der Waals surface area (Å²) in [4.78, 5) is 12.3. The lowest BCUT2D eigenvalue weighted by Gasteiger charge is -2.09. The highest BCUT2D eigenvalue weighted by Crippen LogP contribution is 2.22. The van der Waals surface area contributed by atoms with Gasteiger partial charge in [-0.2, -0.15) is 0 Å². The van der Waals surface area contributed by atoms with E-state index < -0.39 is 10.0 Å². The van der Waals surface area contributed by atoms with Crippen molar-refractivity contribution in [3.8, 4) is 0 Å². The summed E-state index contributed by atoms with van der Waals surface area (Å²) in [7, 11) is -3.45. The third-order valence-corrected chi connectivity index (χ3v) is 3.24. The SMILES string of the molecule is CS(=O)(=O)Nc1cc(C(=O)c2ccccc2)ccc1N. The quantitative estimate of drug-likeness (QED) is 0.664. The van der Waals surface area contributed by atoms with Crippen molar-refractivity contribution in [2.75, 3.05) is 16.7 Å². The van der Waals surface area contributed by atoms with Gasteiger partial charge in [-0.1, -0.05) is 30.3 Å². The zero-order valence-electron chi connectivity index (χ0n) is 10.8. The Hall–Kier alpha value is -2.34.